The second kappa shape index (κ2) is 3.44. The Morgan fingerprint density at radius 1 is 1.54 bits per heavy atom. The van der Waals surface area contributed by atoms with Gasteiger partial charge in [0, 0.05) is 11.9 Å². The Morgan fingerprint density at radius 3 is 2.85 bits per heavy atom. The lowest BCUT2D eigenvalue weighted by atomic mass is 9.93. The number of hydrogen-bond donors (Lipinski definition) is 0. The standard InChI is InChI=1S/C9H12F2N2/c10-9(11)6-8-4-5-12-13(8)7-2-1-3-7/h4-5,7,9H,1-3,6H2. The lowest BCUT2D eigenvalue weighted by Crippen LogP contribution is -2.21. The smallest absolute Gasteiger partial charge is 0.244 e. The lowest BCUT2D eigenvalue weighted by molar-refractivity contribution is 0.143. The predicted molar refractivity (Wildman–Crippen MR) is 44.8 cm³/mol. The lowest BCUT2D eigenvalue weighted by Gasteiger charge is -2.27. The second-order valence-corrected chi connectivity index (χ2v) is 3.45. The Balaban J connectivity index is 2.10. The molecule has 1 fully saturated rings. The van der Waals surface area contributed by atoms with E-state index in [1.807, 2.05) is 0 Å². The number of aromatic nitrogens is 2. The van der Waals surface area contributed by atoms with Crippen molar-refractivity contribution in [1.29, 1.82) is 0 Å². The van der Waals surface area contributed by atoms with Gasteiger partial charge in [-0.05, 0) is 25.3 Å². The third-order valence-electron chi connectivity index (χ3n) is 2.54. The minimum Gasteiger partial charge on any atom is -0.266 e. The van der Waals surface area contributed by atoms with Gasteiger partial charge in [0.05, 0.1) is 12.5 Å². The molecule has 0 spiro atoms. The topological polar surface area (TPSA) is 17.8 Å². The van der Waals surface area contributed by atoms with Gasteiger partial charge < -0.3 is 0 Å². The third-order valence-corrected chi connectivity index (χ3v) is 2.54. The summed E-state index contributed by atoms with van der Waals surface area (Å²) in [6, 6.07) is 2.06. The summed E-state index contributed by atoms with van der Waals surface area (Å²) >= 11 is 0. The highest BCUT2D eigenvalue weighted by atomic mass is 19.3. The van der Waals surface area contributed by atoms with Crippen LogP contribution in [0.25, 0.3) is 0 Å². The maximum absolute atomic E-state index is 12.1. The zero-order chi connectivity index (χ0) is 9.26. The van der Waals surface area contributed by atoms with Crippen molar-refractivity contribution in [3.8, 4) is 0 Å². The van der Waals surface area contributed by atoms with E-state index in [0.29, 0.717) is 11.7 Å². The summed E-state index contributed by atoms with van der Waals surface area (Å²) in [6.45, 7) is 0. The van der Waals surface area contributed by atoms with E-state index in [9.17, 15) is 8.78 Å². The Morgan fingerprint density at radius 2 is 2.31 bits per heavy atom. The van der Waals surface area contributed by atoms with Crippen LogP contribution in [0.5, 0.6) is 0 Å². The Hall–Kier alpha value is -0.930. The van der Waals surface area contributed by atoms with E-state index < -0.39 is 6.43 Å². The zero-order valence-electron chi connectivity index (χ0n) is 7.29. The van der Waals surface area contributed by atoms with E-state index in [0.717, 1.165) is 12.8 Å². The fourth-order valence-corrected chi connectivity index (χ4v) is 1.62. The third kappa shape index (κ3) is 1.71. The van der Waals surface area contributed by atoms with Crippen LogP contribution in [0.3, 0.4) is 0 Å². The molecule has 1 aliphatic carbocycles. The van der Waals surface area contributed by atoms with Crippen LogP contribution in [0.1, 0.15) is 31.0 Å². The minimum absolute atomic E-state index is 0.170. The molecule has 1 aromatic heterocycles. The van der Waals surface area contributed by atoms with Crippen LogP contribution in [0, 0.1) is 0 Å². The van der Waals surface area contributed by atoms with E-state index in [4.69, 9.17) is 0 Å². The maximum atomic E-state index is 12.1. The molecule has 0 amide bonds. The van der Waals surface area contributed by atoms with Crippen LogP contribution in [0.4, 0.5) is 8.78 Å². The molecule has 72 valence electrons. The van der Waals surface area contributed by atoms with Gasteiger partial charge in [-0.25, -0.2) is 8.78 Å². The van der Waals surface area contributed by atoms with E-state index in [2.05, 4.69) is 5.10 Å². The summed E-state index contributed by atoms with van der Waals surface area (Å²) in [7, 11) is 0. The van der Waals surface area contributed by atoms with E-state index in [-0.39, 0.29) is 6.42 Å². The summed E-state index contributed by atoms with van der Waals surface area (Å²) in [5.41, 5.74) is 0.666. The van der Waals surface area contributed by atoms with Gasteiger partial charge in [0.25, 0.3) is 0 Å². The number of alkyl halides is 2. The molecule has 1 saturated carbocycles. The summed E-state index contributed by atoms with van der Waals surface area (Å²) in [5.74, 6) is 0. The van der Waals surface area contributed by atoms with Crippen LogP contribution < -0.4 is 0 Å². The molecular weight excluding hydrogens is 174 g/mol. The van der Waals surface area contributed by atoms with Crippen molar-refractivity contribution >= 4 is 0 Å². The molecule has 0 radical (unpaired) electrons. The van der Waals surface area contributed by atoms with Crippen molar-refractivity contribution in [3.63, 3.8) is 0 Å². The Labute approximate surface area is 75.6 Å². The van der Waals surface area contributed by atoms with Gasteiger partial charge in [-0.2, -0.15) is 5.10 Å². The molecule has 0 bridgehead atoms. The SMILES string of the molecule is FC(F)Cc1ccnn1C1CCC1. The molecule has 2 nitrogen and oxygen atoms in total. The van der Waals surface area contributed by atoms with Crippen LogP contribution in [-0.2, 0) is 6.42 Å². The summed E-state index contributed by atoms with van der Waals surface area (Å²) in [4.78, 5) is 0. The first-order valence-electron chi connectivity index (χ1n) is 4.58. The molecule has 0 saturated heterocycles. The van der Waals surface area contributed by atoms with Crippen molar-refractivity contribution in [2.45, 2.75) is 38.2 Å². The fraction of sp³-hybridized carbons (Fsp3) is 0.667. The van der Waals surface area contributed by atoms with Crippen molar-refractivity contribution in [1.82, 2.24) is 9.78 Å². The molecule has 0 atom stereocenters. The largest absolute Gasteiger partial charge is 0.266 e. The van der Waals surface area contributed by atoms with Crippen LogP contribution in [0.15, 0.2) is 12.3 Å². The molecule has 0 N–H and O–H groups in total. The number of rotatable bonds is 3. The number of halogens is 2. The fourth-order valence-electron chi connectivity index (χ4n) is 1.62. The van der Waals surface area contributed by atoms with Gasteiger partial charge in [-0.15, -0.1) is 0 Å². The minimum atomic E-state index is -2.27. The van der Waals surface area contributed by atoms with E-state index >= 15 is 0 Å². The van der Waals surface area contributed by atoms with Gasteiger partial charge in [0.15, 0.2) is 0 Å². The van der Waals surface area contributed by atoms with Gasteiger partial charge in [-0.3, -0.25) is 4.68 Å². The van der Waals surface area contributed by atoms with Crippen molar-refractivity contribution in [3.05, 3.63) is 18.0 Å². The van der Waals surface area contributed by atoms with Crippen LogP contribution in [0.2, 0.25) is 0 Å². The monoisotopic (exact) mass is 186 g/mol. The van der Waals surface area contributed by atoms with E-state index in [1.54, 1.807) is 16.9 Å². The first-order valence-corrected chi connectivity index (χ1v) is 4.58. The van der Waals surface area contributed by atoms with Gasteiger partial charge >= 0.3 is 0 Å². The van der Waals surface area contributed by atoms with Crippen molar-refractivity contribution < 1.29 is 8.78 Å². The summed E-state index contributed by atoms with van der Waals surface area (Å²) in [5, 5.41) is 4.07. The first kappa shape index (κ1) is 8.66. The van der Waals surface area contributed by atoms with Gasteiger partial charge in [0.2, 0.25) is 6.43 Å². The predicted octanol–water partition coefficient (Wildman–Crippen LogP) is 2.42. The van der Waals surface area contributed by atoms with Crippen LogP contribution >= 0.6 is 0 Å². The van der Waals surface area contributed by atoms with Gasteiger partial charge in [0.1, 0.15) is 0 Å². The van der Waals surface area contributed by atoms with E-state index in [1.165, 1.54) is 6.42 Å². The number of nitrogens with zero attached hydrogens (tertiary/aromatic N) is 2. The molecule has 1 heterocycles. The average molecular weight is 186 g/mol. The molecular formula is C9H12F2N2. The Bertz CT molecular complexity index is 279. The molecule has 0 aromatic carbocycles. The molecule has 0 unspecified atom stereocenters. The molecule has 0 aliphatic heterocycles. The van der Waals surface area contributed by atoms with Crippen molar-refractivity contribution in [2.24, 2.45) is 0 Å². The van der Waals surface area contributed by atoms with Crippen LogP contribution in [-0.4, -0.2) is 16.2 Å². The highest BCUT2D eigenvalue weighted by Gasteiger charge is 2.22. The molecule has 4 heteroatoms. The molecule has 1 aliphatic rings. The highest BCUT2D eigenvalue weighted by Crippen LogP contribution is 2.32. The highest BCUT2D eigenvalue weighted by molar-refractivity contribution is 5.03. The quantitative estimate of drug-likeness (QED) is 0.708. The van der Waals surface area contributed by atoms with Crippen molar-refractivity contribution in [2.75, 3.05) is 0 Å². The molecule has 13 heavy (non-hydrogen) atoms. The first-order chi connectivity index (χ1) is 6.27. The zero-order valence-corrected chi connectivity index (χ0v) is 7.29. The molecule has 2 rings (SSSR count). The number of hydrogen-bond acceptors (Lipinski definition) is 1. The average Bonchev–Trinajstić information content (AvgIpc) is 2.32. The second-order valence-electron chi connectivity index (χ2n) is 3.45. The maximum Gasteiger partial charge on any atom is 0.244 e. The molecule has 1 aromatic rings. The van der Waals surface area contributed by atoms with Gasteiger partial charge in [-0.1, -0.05) is 0 Å². The normalized spacial score (nSPS) is 17.8. The summed E-state index contributed by atoms with van der Waals surface area (Å²) < 4.78 is 26.0. The Kier molecular flexibility index (Phi) is 2.29. The summed E-state index contributed by atoms with van der Waals surface area (Å²) in [6.07, 6.45) is 2.52.